The Morgan fingerprint density at radius 2 is 1.62 bits per heavy atom. The number of Topliss-reactive ketones (excluding diaryl/α,β-unsaturated/α-hetero) is 1. The fourth-order valence-corrected chi connectivity index (χ4v) is 3.25. The van der Waals surface area contributed by atoms with Crippen LogP contribution in [0.5, 0.6) is 0 Å². The second kappa shape index (κ2) is 5.11. The molecule has 4 heteroatoms. The Labute approximate surface area is 131 Å². The van der Waals surface area contributed by atoms with Crippen LogP contribution in [0.4, 0.5) is 5.69 Å². The molecule has 1 aliphatic rings. The summed E-state index contributed by atoms with van der Waals surface area (Å²) in [6.45, 7) is 4.46. The van der Waals surface area contributed by atoms with Crippen LogP contribution in [0, 0.1) is 13.8 Å². The number of carbonyl (C=O) groups excluding carboxylic acids is 2. The molecule has 0 radical (unpaired) electrons. The Kier molecular flexibility index (Phi) is 3.41. The molecule has 0 spiro atoms. The normalized spacial score (nSPS) is 13.8. The standard InChI is InChI=1S/C17H14BrNO2/c1-10-5-3-6-11(2)12(10)9-19-14-8-4-7-13(18)15(14)16(20)17(19)21/h3-8H,9H2,1-2H3. The summed E-state index contributed by atoms with van der Waals surface area (Å²) in [6.07, 6.45) is 0. The highest BCUT2D eigenvalue weighted by Gasteiger charge is 2.37. The first-order valence-corrected chi connectivity index (χ1v) is 7.50. The Bertz CT molecular complexity index is 747. The molecule has 0 bridgehead atoms. The van der Waals surface area contributed by atoms with Gasteiger partial charge in [0.05, 0.1) is 17.8 Å². The lowest BCUT2D eigenvalue weighted by molar-refractivity contribution is -0.114. The maximum Gasteiger partial charge on any atom is 0.299 e. The summed E-state index contributed by atoms with van der Waals surface area (Å²) in [5.41, 5.74) is 4.49. The van der Waals surface area contributed by atoms with E-state index in [1.165, 1.54) is 0 Å². The quantitative estimate of drug-likeness (QED) is 0.778. The van der Waals surface area contributed by atoms with Crippen molar-refractivity contribution in [2.24, 2.45) is 0 Å². The molecule has 0 atom stereocenters. The zero-order valence-corrected chi connectivity index (χ0v) is 13.4. The summed E-state index contributed by atoms with van der Waals surface area (Å²) < 4.78 is 0.669. The van der Waals surface area contributed by atoms with Gasteiger partial charge in [-0.25, -0.2) is 0 Å². The van der Waals surface area contributed by atoms with Crippen molar-refractivity contribution in [2.45, 2.75) is 20.4 Å². The Balaban J connectivity index is 2.07. The van der Waals surface area contributed by atoms with Crippen LogP contribution in [0.3, 0.4) is 0 Å². The number of ketones is 1. The number of hydrogen-bond acceptors (Lipinski definition) is 2. The number of fused-ring (bicyclic) bond motifs is 1. The van der Waals surface area contributed by atoms with Crippen LogP contribution in [0.25, 0.3) is 0 Å². The number of nitrogens with zero attached hydrogens (tertiary/aromatic N) is 1. The molecule has 21 heavy (non-hydrogen) atoms. The van der Waals surface area contributed by atoms with Crippen LogP contribution in [0.2, 0.25) is 0 Å². The molecule has 2 aromatic carbocycles. The first-order valence-electron chi connectivity index (χ1n) is 6.70. The lowest BCUT2D eigenvalue weighted by Crippen LogP contribution is -2.29. The first kappa shape index (κ1) is 14.0. The van der Waals surface area contributed by atoms with E-state index < -0.39 is 11.7 Å². The molecule has 3 nitrogen and oxygen atoms in total. The SMILES string of the molecule is Cc1cccc(C)c1CN1C(=O)C(=O)c2c(Br)cccc21. The number of aryl methyl sites for hydroxylation is 2. The Hall–Kier alpha value is -1.94. The number of benzene rings is 2. The molecule has 106 valence electrons. The van der Waals surface area contributed by atoms with Crippen LogP contribution < -0.4 is 4.90 Å². The van der Waals surface area contributed by atoms with Crippen molar-refractivity contribution in [3.05, 3.63) is 63.1 Å². The monoisotopic (exact) mass is 343 g/mol. The van der Waals surface area contributed by atoms with E-state index in [0.29, 0.717) is 22.3 Å². The van der Waals surface area contributed by atoms with E-state index >= 15 is 0 Å². The van der Waals surface area contributed by atoms with Crippen LogP contribution >= 0.6 is 15.9 Å². The van der Waals surface area contributed by atoms with Crippen LogP contribution in [0.1, 0.15) is 27.0 Å². The van der Waals surface area contributed by atoms with Crippen LogP contribution in [-0.2, 0) is 11.3 Å². The molecule has 0 aromatic heterocycles. The zero-order chi connectivity index (χ0) is 15.1. The summed E-state index contributed by atoms with van der Waals surface area (Å²) in [7, 11) is 0. The molecule has 3 rings (SSSR count). The average molecular weight is 344 g/mol. The maximum absolute atomic E-state index is 12.3. The van der Waals surface area contributed by atoms with Gasteiger partial charge in [0.25, 0.3) is 11.7 Å². The molecule has 1 aliphatic heterocycles. The summed E-state index contributed by atoms with van der Waals surface area (Å²) in [5.74, 6) is -0.900. The largest absolute Gasteiger partial charge is 0.300 e. The van der Waals surface area contributed by atoms with Crippen molar-refractivity contribution < 1.29 is 9.59 Å². The highest BCUT2D eigenvalue weighted by Crippen LogP contribution is 2.35. The molecule has 0 saturated heterocycles. The van der Waals surface area contributed by atoms with Gasteiger partial charge in [-0.15, -0.1) is 0 Å². The van der Waals surface area contributed by atoms with Crippen LogP contribution in [-0.4, -0.2) is 11.7 Å². The van der Waals surface area contributed by atoms with E-state index in [1.807, 2.05) is 44.2 Å². The van der Waals surface area contributed by atoms with Gasteiger partial charge in [0, 0.05) is 4.47 Å². The molecule has 0 N–H and O–H groups in total. The van der Waals surface area contributed by atoms with Crippen molar-refractivity contribution >= 4 is 33.3 Å². The number of hydrogen-bond donors (Lipinski definition) is 0. The number of halogens is 1. The van der Waals surface area contributed by atoms with Crippen molar-refractivity contribution in [1.82, 2.24) is 0 Å². The van der Waals surface area contributed by atoms with E-state index in [-0.39, 0.29) is 0 Å². The molecule has 2 aromatic rings. The first-order chi connectivity index (χ1) is 10.0. The van der Waals surface area contributed by atoms with E-state index in [1.54, 1.807) is 11.0 Å². The minimum atomic E-state index is -0.459. The van der Waals surface area contributed by atoms with E-state index in [2.05, 4.69) is 15.9 Å². The van der Waals surface area contributed by atoms with Crippen molar-refractivity contribution in [1.29, 1.82) is 0 Å². The third-order valence-corrected chi connectivity index (χ3v) is 4.57. The van der Waals surface area contributed by atoms with Gasteiger partial charge in [-0.3, -0.25) is 9.59 Å². The summed E-state index contributed by atoms with van der Waals surface area (Å²) >= 11 is 3.36. The highest BCUT2D eigenvalue weighted by atomic mass is 79.9. The fraction of sp³-hybridized carbons (Fsp3) is 0.176. The molecule has 1 amide bonds. The third kappa shape index (κ3) is 2.20. The predicted octanol–water partition coefficient (Wildman–Crippen LogP) is 3.80. The van der Waals surface area contributed by atoms with Crippen molar-refractivity contribution in [3.8, 4) is 0 Å². The predicted molar refractivity (Wildman–Crippen MR) is 85.6 cm³/mol. The van der Waals surface area contributed by atoms with Gasteiger partial charge in [0.2, 0.25) is 0 Å². The minimum Gasteiger partial charge on any atom is -0.300 e. The van der Waals surface area contributed by atoms with Gasteiger partial charge >= 0.3 is 0 Å². The number of anilines is 1. The van der Waals surface area contributed by atoms with Gasteiger partial charge in [-0.1, -0.05) is 24.3 Å². The molecule has 0 aliphatic carbocycles. The summed E-state index contributed by atoms with van der Waals surface area (Å²) in [5, 5.41) is 0. The number of carbonyl (C=O) groups is 2. The van der Waals surface area contributed by atoms with E-state index in [4.69, 9.17) is 0 Å². The maximum atomic E-state index is 12.3. The minimum absolute atomic E-state index is 0.423. The lowest BCUT2D eigenvalue weighted by Gasteiger charge is -2.19. The molecular formula is C17H14BrNO2. The zero-order valence-electron chi connectivity index (χ0n) is 11.8. The summed E-state index contributed by atoms with van der Waals surface area (Å²) in [4.78, 5) is 26.0. The topological polar surface area (TPSA) is 37.4 Å². The Morgan fingerprint density at radius 1 is 1.00 bits per heavy atom. The number of rotatable bonds is 2. The van der Waals surface area contributed by atoms with Crippen molar-refractivity contribution in [2.75, 3.05) is 4.90 Å². The fourth-order valence-electron chi connectivity index (χ4n) is 2.71. The third-order valence-electron chi connectivity index (χ3n) is 3.91. The Morgan fingerprint density at radius 3 is 2.29 bits per heavy atom. The molecule has 1 heterocycles. The average Bonchev–Trinajstić information content (AvgIpc) is 2.68. The van der Waals surface area contributed by atoms with E-state index in [9.17, 15) is 9.59 Å². The highest BCUT2D eigenvalue weighted by molar-refractivity contribution is 9.10. The van der Waals surface area contributed by atoms with Gasteiger partial charge in [0.1, 0.15) is 0 Å². The van der Waals surface area contributed by atoms with Gasteiger partial charge in [-0.2, -0.15) is 0 Å². The van der Waals surface area contributed by atoms with Gasteiger partial charge < -0.3 is 4.90 Å². The second-order valence-corrected chi connectivity index (χ2v) is 6.08. The smallest absolute Gasteiger partial charge is 0.299 e. The molecule has 0 saturated carbocycles. The molecule has 0 fully saturated rings. The molecule has 0 unspecified atom stereocenters. The molecular weight excluding hydrogens is 330 g/mol. The van der Waals surface area contributed by atoms with E-state index in [0.717, 1.165) is 16.7 Å². The van der Waals surface area contributed by atoms with Gasteiger partial charge in [0.15, 0.2) is 0 Å². The second-order valence-electron chi connectivity index (χ2n) is 5.22. The number of amides is 1. The lowest BCUT2D eigenvalue weighted by atomic mass is 10.0. The summed E-state index contributed by atoms with van der Waals surface area (Å²) in [6, 6.07) is 11.5. The van der Waals surface area contributed by atoms with Crippen LogP contribution in [0.15, 0.2) is 40.9 Å². The van der Waals surface area contributed by atoms with Gasteiger partial charge in [-0.05, 0) is 58.6 Å². The van der Waals surface area contributed by atoms with Crippen molar-refractivity contribution in [3.63, 3.8) is 0 Å².